The first-order valence-electron chi connectivity index (χ1n) is 6.92. The zero-order chi connectivity index (χ0) is 15.5. The van der Waals surface area contributed by atoms with Gasteiger partial charge >= 0.3 is 5.97 Å². The van der Waals surface area contributed by atoms with Crippen molar-refractivity contribution in [3.63, 3.8) is 0 Å². The van der Waals surface area contributed by atoms with Crippen LogP contribution < -0.4 is 9.47 Å². The van der Waals surface area contributed by atoms with E-state index in [-0.39, 0.29) is 11.8 Å². The van der Waals surface area contributed by atoms with Gasteiger partial charge in [-0.2, -0.15) is 0 Å². The maximum Gasteiger partial charge on any atom is 0.316 e. The molecule has 0 radical (unpaired) electrons. The predicted molar refractivity (Wildman–Crippen MR) is 76.7 cm³/mol. The number of ketones is 1. The van der Waals surface area contributed by atoms with Crippen LogP contribution >= 0.6 is 0 Å². The summed E-state index contributed by atoms with van der Waals surface area (Å²) in [5.41, 5.74) is 0.0505. The van der Waals surface area contributed by atoms with Gasteiger partial charge in [0.2, 0.25) is 0 Å². The van der Waals surface area contributed by atoms with E-state index in [0.29, 0.717) is 37.4 Å². The van der Waals surface area contributed by atoms with E-state index in [0.717, 1.165) is 5.56 Å². The predicted octanol–water partition coefficient (Wildman–Crippen LogP) is 2.26. The summed E-state index contributed by atoms with van der Waals surface area (Å²) in [4.78, 5) is 23.6. The molecule has 0 unspecified atom stereocenters. The standard InChI is InChI=1S/C16H20O5/c1-11(17)6-7-16(8-9-21-15(16)18)12-4-5-13(19-2)14(10-12)20-3/h4-5,10H,6-9H2,1-3H3/t16-/m0/s1. The molecule has 0 saturated carbocycles. The molecule has 1 heterocycles. The van der Waals surface area contributed by atoms with Gasteiger partial charge in [-0.25, -0.2) is 0 Å². The number of hydrogen-bond donors (Lipinski definition) is 0. The van der Waals surface area contributed by atoms with E-state index in [1.165, 1.54) is 6.92 Å². The van der Waals surface area contributed by atoms with Gasteiger partial charge in [-0.3, -0.25) is 4.79 Å². The van der Waals surface area contributed by atoms with E-state index in [4.69, 9.17) is 14.2 Å². The Hall–Kier alpha value is -2.04. The summed E-state index contributed by atoms with van der Waals surface area (Å²) >= 11 is 0. The number of hydrogen-bond acceptors (Lipinski definition) is 5. The topological polar surface area (TPSA) is 61.8 Å². The highest BCUT2D eigenvalue weighted by molar-refractivity contribution is 5.86. The molecule has 1 aliphatic rings. The van der Waals surface area contributed by atoms with Crippen LogP contribution in [0.15, 0.2) is 18.2 Å². The van der Waals surface area contributed by atoms with Crippen molar-refractivity contribution in [2.75, 3.05) is 20.8 Å². The van der Waals surface area contributed by atoms with Gasteiger partial charge in [0.05, 0.1) is 26.2 Å². The van der Waals surface area contributed by atoms with Crippen LogP contribution in [-0.2, 0) is 19.7 Å². The average Bonchev–Trinajstić information content (AvgIpc) is 2.86. The molecule has 1 aliphatic heterocycles. The largest absolute Gasteiger partial charge is 0.493 e. The third-order valence-corrected chi connectivity index (χ3v) is 3.99. The average molecular weight is 292 g/mol. The van der Waals surface area contributed by atoms with Crippen LogP contribution in [0.1, 0.15) is 31.7 Å². The second kappa shape index (κ2) is 6.16. The van der Waals surface area contributed by atoms with Crippen molar-refractivity contribution in [2.24, 2.45) is 0 Å². The Morgan fingerprint density at radius 1 is 1.29 bits per heavy atom. The Kier molecular flexibility index (Phi) is 4.50. The van der Waals surface area contributed by atoms with Gasteiger partial charge in [0.15, 0.2) is 11.5 Å². The Bertz CT molecular complexity index is 552. The maximum absolute atomic E-state index is 12.3. The van der Waals surface area contributed by atoms with Gasteiger partial charge in [0, 0.05) is 12.8 Å². The Morgan fingerprint density at radius 2 is 2.00 bits per heavy atom. The second-order valence-corrected chi connectivity index (χ2v) is 5.24. The van der Waals surface area contributed by atoms with Crippen molar-refractivity contribution < 1.29 is 23.8 Å². The maximum atomic E-state index is 12.3. The van der Waals surface area contributed by atoms with Gasteiger partial charge in [0.1, 0.15) is 5.78 Å². The van der Waals surface area contributed by atoms with Gasteiger partial charge in [-0.05, 0) is 31.0 Å². The minimum absolute atomic E-state index is 0.0644. The van der Waals surface area contributed by atoms with Crippen LogP contribution in [0.4, 0.5) is 0 Å². The number of rotatable bonds is 6. The molecule has 1 aromatic carbocycles. The fourth-order valence-corrected chi connectivity index (χ4v) is 2.72. The van der Waals surface area contributed by atoms with E-state index in [1.807, 2.05) is 6.07 Å². The lowest BCUT2D eigenvalue weighted by Gasteiger charge is -2.25. The van der Waals surface area contributed by atoms with Gasteiger partial charge in [0.25, 0.3) is 0 Å². The number of cyclic esters (lactones) is 1. The molecule has 0 spiro atoms. The Morgan fingerprint density at radius 3 is 2.52 bits per heavy atom. The van der Waals surface area contributed by atoms with E-state index in [9.17, 15) is 9.59 Å². The molecule has 1 fully saturated rings. The van der Waals surface area contributed by atoms with Crippen molar-refractivity contribution in [3.8, 4) is 11.5 Å². The molecular weight excluding hydrogens is 272 g/mol. The van der Waals surface area contributed by atoms with Gasteiger partial charge in [-0.15, -0.1) is 0 Å². The van der Waals surface area contributed by atoms with Crippen molar-refractivity contribution in [1.82, 2.24) is 0 Å². The second-order valence-electron chi connectivity index (χ2n) is 5.24. The van der Waals surface area contributed by atoms with Gasteiger partial charge < -0.3 is 19.0 Å². The van der Waals surface area contributed by atoms with Crippen molar-refractivity contribution in [1.29, 1.82) is 0 Å². The fraction of sp³-hybridized carbons (Fsp3) is 0.500. The normalized spacial score (nSPS) is 21.0. The number of methoxy groups -OCH3 is 2. The van der Waals surface area contributed by atoms with Crippen LogP contribution in [0.25, 0.3) is 0 Å². The molecule has 1 atom stereocenters. The van der Waals surface area contributed by atoms with Crippen LogP contribution in [0, 0.1) is 0 Å². The molecule has 2 rings (SSSR count). The molecule has 1 saturated heterocycles. The molecule has 5 nitrogen and oxygen atoms in total. The summed E-state index contributed by atoms with van der Waals surface area (Å²) in [5, 5.41) is 0. The SMILES string of the molecule is COc1ccc([C@]2(CCC(C)=O)CCOC2=O)cc1OC. The highest BCUT2D eigenvalue weighted by atomic mass is 16.5. The van der Waals surface area contributed by atoms with Crippen LogP contribution in [0.5, 0.6) is 11.5 Å². The number of benzene rings is 1. The molecule has 0 aromatic heterocycles. The molecule has 1 aromatic rings. The smallest absolute Gasteiger partial charge is 0.316 e. The van der Waals surface area contributed by atoms with E-state index in [2.05, 4.69) is 0 Å². The first-order chi connectivity index (χ1) is 10.0. The lowest BCUT2D eigenvalue weighted by molar-refractivity contribution is -0.143. The minimum Gasteiger partial charge on any atom is -0.493 e. The first-order valence-corrected chi connectivity index (χ1v) is 6.92. The zero-order valence-electron chi connectivity index (χ0n) is 12.6. The van der Waals surface area contributed by atoms with E-state index < -0.39 is 5.41 Å². The molecular formula is C16H20O5. The minimum atomic E-state index is -0.759. The zero-order valence-corrected chi connectivity index (χ0v) is 12.6. The number of Topliss-reactive ketones (excluding diaryl/α,β-unsaturated/α-hetero) is 1. The number of carbonyl (C=O) groups excluding carboxylic acids is 2. The lowest BCUT2D eigenvalue weighted by Crippen LogP contribution is -2.32. The van der Waals surface area contributed by atoms with Crippen LogP contribution in [-0.4, -0.2) is 32.6 Å². The summed E-state index contributed by atoms with van der Waals surface area (Å²) in [6.07, 6.45) is 1.38. The third-order valence-electron chi connectivity index (χ3n) is 3.99. The summed E-state index contributed by atoms with van der Waals surface area (Å²) in [7, 11) is 3.11. The molecule has 5 heteroatoms. The summed E-state index contributed by atoms with van der Waals surface area (Å²) < 4.78 is 15.7. The number of carbonyl (C=O) groups is 2. The molecule has 0 N–H and O–H groups in total. The van der Waals surface area contributed by atoms with Crippen LogP contribution in [0.3, 0.4) is 0 Å². The summed E-state index contributed by atoms with van der Waals surface area (Å²) in [5.74, 6) is 0.969. The van der Waals surface area contributed by atoms with E-state index >= 15 is 0 Å². The van der Waals surface area contributed by atoms with E-state index in [1.54, 1.807) is 26.4 Å². The quantitative estimate of drug-likeness (QED) is 0.753. The third kappa shape index (κ3) is 2.86. The van der Waals surface area contributed by atoms with Crippen molar-refractivity contribution in [2.45, 2.75) is 31.6 Å². The Balaban J connectivity index is 2.42. The van der Waals surface area contributed by atoms with Crippen LogP contribution in [0.2, 0.25) is 0 Å². The first kappa shape index (κ1) is 15.4. The summed E-state index contributed by atoms with van der Waals surface area (Å²) in [6, 6.07) is 5.41. The highest BCUT2D eigenvalue weighted by Gasteiger charge is 2.46. The highest BCUT2D eigenvalue weighted by Crippen LogP contribution is 2.41. The summed E-state index contributed by atoms with van der Waals surface area (Å²) in [6.45, 7) is 1.91. The van der Waals surface area contributed by atoms with Crippen molar-refractivity contribution >= 4 is 11.8 Å². The molecule has 0 aliphatic carbocycles. The molecule has 21 heavy (non-hydrogen) atoms. The number of esters is 1. The fourth-order valence-electron chi connectivity index (χ4n) is 2.72. The monoisotopic (exact) mass is 292 g/mol. The molecule has 0 amide bonds. The number of ether oxygens (including phenoxy) is 3. The lowest BCUT2D eigenvalue weighted by atomic mass is 9.75. The van der Waals surface area contributed by atoms with Gasteiger partial charge in [-0.1, -0.05) is 6.07 Å². The molecule has 114 valence electrons. The molecule has 0 bridgehead atoms. The Labute approximate surface area is 124 Å². The van der Waals surface area contributed by atoms with Crippen molar-refractivity contribution in [3.05, 3.63) is 23.8 Å².